The molecule has 180 valence electrons. The maximum atomic E-state index is 14.8. The third kappa shape index (κ3) is 6.02. The van der Waals surface area contributed by atoms with Crippen molar-refractivity contribution < 1.29 is 32.2 Å². The van der Waals surface area contributed by atoms with Gasteiger partial charge in [0.1, 0.15) is 23.6 Å². The van der Waals surface area contributed by atoms with Crippen molar-refractivity contribution in [3.8, 4) is 5.75 Å². The van der Waals surface area contributed by atoms with Gasteiger partial charge in [0, 0.05) is 13.1 Å². The fourth-order valence-corrected chi connectivity index (χ4v) is 5.04. The number of nitrogens with zero attached hydrogens (tertiary/aromatic N) is 2. The first-order valence-corrected chi connectivity index (χ1v) is 11.6. The molecule has 0 radical (unpaired) electrons. The predicted octanol–water partition coefficient (Wildman–Crippen LogP) is 2.93. The number of ether oxygens (including phenoxy) is 1. The van der Waals surface area contributed by atoms with E-state index in [1.165, 1.54) is 6.07 Å². The summed E-state index contributed by atoms with van der Waals surface area (Å²) in [6.07, 6.45) is 2.56. The molecule has 9 nitrogen and oxygen atoms in total. The zero-order chi connectivity index (χ0) is 23.0. The Morgan fingerprint density at radius 3 is 2.56 bits per heavy atom. The van der Waals surface area contributed by atoms with Gasteiger partial charge in [0.15, 0.2) is 5.82 Å². The maximum absolute atomic E-state index is 14.8. The standard InChI is InChI=1S/C20H28FN3O6S.CH4/c1-20(2,3)30-19(27)23-7-5-4-6-13(11-23)8-14-9-15(21)18(16(25)10-14)24-12-17(26)22-31(24,28)29;/h9-10,13,25H,4-8,11-12H2,1-3H3,(H,22,26);1H4. The molecule has 2 heterocycles. The average molecular weight is 474 g/mol. The molecule has 2 saturated heterocycles. The molecule has 1 atom stereocenters. The van der Waals surface area contributed by atoms with Crippen LogP contribution in [0.1, 0.15) is 53.0 Å². The first kappa shape index (κ1) is 25.7. The molecule has 0 spiro atoms. The van der Waals surface area contributed by atoms with E-state index >= 15 is 0 Å². The van der Waals surface area contributed by atoms with Crippen LogP contribution in [0, 0.1) is 11.7 Å². The average Bonchev–Trinajstić information content (AvgIpc) is 2.77. The van der Waals surface area contributed by atoms with Crippen molar-refractivity contribution in [3.05, 3.63) is 23.5 Å². The second-order valence-electron chi connectivity index (χ2n) is 8.97. The summed E-state index contributed by atoms with van der Waals surface area (Å²) in [4.78, 5) is 25.5. The van der Waals surface area contributed by atoms with Crippen molar-refractivity contribution in [1.29, 1.82) is 0 Å². The molecule has 2 N–H and O–H groups in total. The van der Waals surface area contributed by atoms with Gasteiger partial charge >= 0.3 is 16.3 Å². The van der Waals surface area contributed by atoms with Gasteiger partial charge in [-0.05, 0) is 63.6 Å². The quantitative estimate of drug-likeness (QED) is 0.697. The molecule has 0 aliphatic carbocycles. The van der Waals surface area contributed by atoms with Crippen LogP contribution in [-0.4, -0.2) is 55.7 Å². The molecular formula is C21H32FN3O6S. The summed E-state index contributed by atoms with van der Waals surface area (Å²) in [5, 5.41) is 10.3. The lowest BCUT2D eigenvalue weighted by Crippen LogP contribution is -2.39. The largest absolute Gasteiger partial charge is 0.506 e. The molecule has 0 bridgehead atoms. The maximum Gasteiger partial charge on any atom is 0.410 e. The van der Waals surface area contributed by atoms with E-state index in [4.69, 9.17) is 4.74 Å². The molecule has 32 heavy (non-hydrogen) atoms. The lowest BCUT2D eigenvalue weighted by atomic mass is 9.94. The number of phenolic OH excluding ortho intramolecular Hbond substituents is 1. The van der Waals surface area contributed by atoms with E-state index in [0.717, 1.165) is 25.3 Å². The number of phenols is 1. The topological polar surface area (TPSA) is 116 Å². The molecule has 2 aliphatic heterocycles. The fraction of sp³-hybridized carbons (Fsp3) is 0.619. The van der Waals surface area contributed by atoms with Crippen molar-refractivity contribution in [2.75, 3.05) is 23.9 Å². The van der Waals surface area contributed by atoms with E-state index in [0.29, 0.717) is 29.4 Å². The van der Waals surface area contributed by atoms with Gasteiger partial charge in [0.05, 0.1) is 0 Å². The highest BCUT2D eigenvalue weighted by Crippen LogP contribution is 2.35. The summed E-state index contributed by atoms with van der Waals surface area (Å²) in [6, 6.07) is 2.47. The third-order valence-corrected chi connectivity index (χ3v) is 6.50. The van der Waals surface area contributed by atoms with Crippen LogP contribution in [0.4, 0.5) is 14.9 Å². The van der Waals surface area contributed by atoms with Crippen molar-refractivity contribution in [2.24, 2.45) is 5.92 Å². The molecular weight excluding hydrogens is 441 g/mol. The summed E-state index contributed by atoms with van der Waals surface area (Å²) >= 11 is 0. The number of anilines is 1. The normalized spacial score (nSPS) is 20.9. The molecule has 0 aromatic heterocycles. The number of aromatic hydroxyl groups is 1. The van der Waals surface area contributed by atoms with E-state index in [2.05, 4.69) is 0 Å². The van der Waals surface area contributed by atoms with E-state index in [1.54, 1.807) is 30.4 Å². The first-order chi connectivity index (χ1) is 14.4. The number of amides is 2. The first-order valence-electron chi connectivity index (χ1n) is 10.2. The van der Waals surface area contributed by atoms with Gasteiger partial charge in [0.2, 0.25) is 0 Å². The number of carbonyl (C=O) groups excluding carboxylic acids is 2. The molecule has 2 aliphatic rings. The molecule has 1 unspecified atom stereocenters. The predicted molar refractivity (Wildman–Crippen MR) is 118 cm³/mol. The zero-order valence-electron chi connectivity index (χ0n) is 17.9. The van der Waals surface area contributed by atoms with Gasteiger partial charge in [-0.3, -0.25) is 4.79 Å². The monoisotopic (exact) mass is 473 g/mol. The number of benzene rings is 1. The molecule has 11 heteroatoms. The summed E-state index contributed by atoms with van der Waals surface area (Å²) in [5.74, 6) is -2.28. The Balaban J connectivity index is 0.00000363. The van der Waals surface area contributed by atoms with Gasteiger partial charge in [0.25, 0.3) is 5.91 Å². The Morgan fingerprint density at radius 1 is 1.31 bits per heavy atom. The molecule has 0 saturated carbocycles. The van der Waals surface area contributed by atoms with Crippen LogP contribution < -0.4 is 9.03 Å². The fourth-order valence-electron chi connectivity index (χ4n) is 3.87. The van der Waals surface area contributed by atoms with Gasteiger partial charge in [-0.15, -0.1) is 0 Å². The van der Waals surface area contributed by atoms with Gasteiger partial charge in [-0.25, -0.2) is 18.2 Å². The van der Waals surface area contributed by atoms with Crippen LogP contribution in [0.5, 0.6) is 5.75 Å². The molecule has 1 aromatic carbocycles. The van der Waals surface area contributed by atoms with Crippen LogP contribution in [0.15, 0.2) is 12.1 Å². The van der Waals surface area contributed by atoms with Gasteiger partial charge < -0.3 is 14.7 Å². The molecule has 2 amide bonds. The Hall–Kier alpha value is -2.56. The number of nitrogens with one attached hydrogen (secondary N) is 1. The second kappa shape index (κ2) is 9.51. The minimum atomic E-state index is -4.24. The van der Waals surface area contributed by atoms with Crippen molar-refractivity contribution in [1.82, 2.24) is 9.62 Å². The second-order valence-corrected chi connectivity index (χ2v) is 10.6. The molecule has 1 aromatic rings. The van der Waals surface area contributed by atoms with E-state index < -0.39 is 45.5 Å². The van der Waals surface area contributed by atoms with Crippen molar-refractivity contribution in [2.45, 2.75) is 59.5 Å². The summed E-state index contributed by atoms with van der Waals surface area (Å²) in [7, 11) is -4.24. The lowest BCUT2D eigenvalue weighted by molar-refractivity contribution is -0.117. The Labute approximate surface area is 188 Å². The summed E-state index contributed by atoms with van der Waals surface area (Å²) in [6.45, 7) is 5.83. The minimum Gasteiger partial charge on any atom is -0.506 e. The van der Waals surface area contributed by atoms with Gasteiger partial charge in [-0.1, -0.05) is 13.8 Å². The number of halogens is 1. The summed E-state index contributed by atoms with van der Waals surface area (Å²) in [5.41, 5.74) is -0.681. The Kier molecular flexibility index (Phi) is 7.64. The van der Waals surface area contributed by atoms with Crippen LogP contribution >= 0.6 is 0 Å². The van der Waals surface area contributed by atoms with Gasteiger partial charge in [-0.2, -0.15) is 8.42 Å². The van der Waals surface area contributed by atoms with Crippen LogP contribution in [0.2, 0.25) is 0 Å². The van der Waals surface area contributed by atoms with Crippen LogP contribution in [0.3, 0.4) is 0 Å². The van der Waals surface area contributed by atoms with Crippen LogP contribution in [-0.2, 0) is 26.2 Å². The highest BCUT2D eigenvalue weighted by atomic mass is 32.2. The molecule has 3 rings (SSSR count). The highest BCUT2D eigenvalue weighted by molar-refractivity contribution is 7.92. The van der Waals surface area contributed by atoms with Crippen LogP contribution in [0.25, 0.3) is 0 Å². The van der Waals surface area contributed by atoms with Crippen molar-refractivity contribution >= 4 is 27.9 Å². The van der Waals surface area contributed by atoms with E-state index in [1.807, 2.05) is 0 Å². The number of hydrogen-bond acceptors (Lipinski definition) is 6. The third-order valence-electron chi connectivity index (χ3n) is 5.12. The van der Waals surface area contributed by atoms with E-state index in [9.17, 15) is 27.5 Å². The number of likely N-dealkylation sites (tertiary alicyclic amines) is 1. The SMILES string of the molecule is C.CC(C)(C)OC(=O)N1CCCCC(Cc2cc(O)c(N3CC(=O)NS3(=O)=O)c(F)c2)C1. The number of hydrogen-bond donors (Lipinski definition) is 2. The van der Waals surface area contributed by atoms with E-state index in [-0.39, 0.29) is 19.4 Å². The molecule has 2 fully saturated rings. The zero-order valence-corrected chi connectivity index (χ0v) is 18.7. The minimum absolute atomic E-state index is 0. The smallest absolute Gasteiger partial charge is 0.410 e. The Bertz CT molecular complexity index is 953. The lowest BCUT2D eigenvalue weighted by Gasteiger charge is -2.28. The highest BCUT2D eigenvalue weighted by Gasteiger charge is 2.37. The summed E-state index contributed by atoms with van der Waals surface area (Å²) < 4.78 is 46.5. The van der Waals surface area contributed by atoms with Crippen molar-refractivity contribution in [3.63, 3.8) is 0 Å². The number of rotatable bonds is 3. The Morgan fingerprint density at radius 2 is 2.00 bits per heavy atom. The number of carbonyl (C=O) groups is 2.